The summed E-state index contributed by atoms with van der Waals surface area (Å²) in [6, 6.07) is 11.5. The molecule has 1 atom stereocenters. The highest BCUT2D eigenvalue weighted by Crippen LogP contribution is 2.48. The first-order valence-electron chi connectivity index (χ1n) is 10.3. The molecule has 0 spiro atoms. The summed E-state index contributed by atoms with van der Waals surface area (Å²) in [6.45, 7) is 5.95. The normalized spacial score (nSPS) is 17.3. The monoisotopic (exact) mass is 407 g/mol. The minimum atomic E-state index is -0.583. The molecule has 1 aromatic heterocycles. The van der Waals surface area contributed by atoms with Crippen molar-refractivity contribution < 1.29 is 13.9 Å². The molecular formula is C24H26FN3O2. The summed E-state index contributed by atoms with van der Waals surface area (Å²) in [5.74, 6) is -0.215. The second kappa shape index (κ2) is 7.59. The van der Waals surface area contributed by atoms with Crippen LogP contribution < -0.4 is 15.4 Å². The molecule has 0 unspecified atom stereocenters. The Morgan fingerprint density at radius 1 is 1.27 bits per heavy atom. The Bertz CT molecular complexity index is 1110. The Morgan fingerprint density at radius 2 is 2.00 bits per heavy atom. The van der Waals surface area contributed by atoms with E-state index in [0.717, 1.165) is 16.5 Å². The van der Waals surface area contributed by atoms with Gasteiger partial charge in [-0.05, 0) is 38.0 Å². The predicted octanol–water partition coefficient (Wildman–Crippen LogP) is 5.65. The lowest BCUT2D eigenvalue weighted by Gasteiger charge is -2.45. The molecule has 1 aliphatic rings. The summed E-state index contributed by atoms with van der Waals surface area (Å²) < 4.78 is 21.0. The topological polar surface area (TPSA) is 68.5 Å². The molecule has 2 aromatic carbocycles. The number of pyridine rings is 1. The molecule has 156 valence electrons. The van der Waals surface area contributed by atoms with E-state index < -0.39 is 23.5 Å². The van der Waals surface area contributed by atoms with Gasteiger partial charge >= 0.3 is 6.03 Å². The highest BCUT2D eigenvalue weighted by Gasteiger charge is 2.43. The number of nitrogens with two attached hydrogens (primary N) is 1. The lowest BCUT2D eigenvalue weighted by Crippen LogP contribution is -2.48. The van der Waals surface area contributed by atoms with Gasteiger partial charge in [-0.15, -0.1) is 0 Å². The van der Waals surface area contributed by atoms with Crippen LogP contribution >= 0.6 is 0 Å². The van der Waals surface area contributed by atoms with Gasteiger partial charge < -0.3 is 10.5 Å². The number of hydrogen-bond acceptors (Lipinski definition) is 3. The van der Waals surface area contributed by atoms with E-state index in [1.165, 1.54) is 6.07 Å². The number of hydrogen-bond donors (Lipinski definition) is 1. The van der Waals surface area contributed by atoms with Crippen LogP contribution in [0.4, 0.5) is 14.9 Å². The number of aromatic nitrogens is 1. The summed E-state index contributed by atoms with van der Waals surface area (Å²) in [7, 11) is 0. The van der Waals surface area contributed by atoms with Crippen LogP contribution in [0.15, 0.2) is 48.7 Å². The molecule has 2 N–H and O–H groups in total. The average Bonchev–Trinajstić information content (AvgIpc) is 2.74. The molecule has 6 heteroatoms. The maximum Gasteiger partial charge on any atom is 0.319 e. The number of primary amides is 1. The van der Waals surface area contributed by atoms with Crippen molar-refractivity contribution >= 4 is 22.5 Å². The number of nitrogens with zero attached hydrogens (tertiary/aromatic N) is 2. The van der Waals surface area contributed by atoms with Crippen LogP contribution in [-0.2, 0) is 0 Å². The third kappa shape index (κ3) is 3.26. The number of anilines is 1. The molecule has 0 saturated carbocycles. The minimum absolute atomic E-state index is 0.210. The van der Waals surface area contributed by atoms with E-state index in [2.05, 4.69) is 4.98 Å². The summed E-state index contributed by atoms with van der Waals surface area (Å²) in [6.07, 6.45) is 3.70. The number of halogens is 1. The number of benzene rings is 2. The third-order valence-electron chi connectivity index (χ3n) is 6.22. The molecular weight excluding hydrogens is 381 g/mol. The number of carbonyl (C=O) groups excluding carboxylic acids is 1. The standard InChI is InChI=1S/C24H26FN3O2/c1-4-24(5-2)13-21(17-9-7-10-19(25)22(17)30-24)28(23(26)29)20-11-6-8-16-14-27-15(3)12-18(16)20/h6-12,14,21H,4-5,13H2,1-3H3,(H2,26,29)/t21-/m1/s1. The predicted molar refractivity (Wildman–Crippen MR) is 116 cm³/mol. The Kier molecular flexibility index (Phi) is 5.10. The fraction of sp³-hybridized carbons (Fsp3) is 0.333. The van der Waals surface area contributed by atoms with Gasteiger partial charge in [0.1, 0.15) is 5.60 Å². The SMILES string of the molecule is CCC1(CC)C[C@@H](N(C(N)=O)c2cccc3cnc(C)cc23)c2cccc(F)c2O1. The van der Waals surface area contributed by atoms with Crippen molar-refractivity contribution in [1.29, 1.82) is 0 Å². The zero-order valence-corrected chi connectivity index (χ0v) is 17.5. The highest BCUT2D eigenvalue weighted by molar-refractivity contribution is 6.03. The van der Waals surface area contributed by atoms with Crippen molar-refractivity contribution in [3.63, 3.8) is 0 Å². The van der Waals surface area contributed by atoms with E-state index in [-0.39, 0.29) is 5.75 Å². The lowest BCUT2D eigenvalue weighted by molar-refractivity contribution is 0.0237. The molecule has 0 bridgehead atoms. The molecule has 0 saturated heterocycles. The quantitative estimate of drug-likeness (QED) is 0.608. The maximum atomic E-state index is 14.8. The molecule has 0 aliphatic carbocycles. The number of carbonyl (C=O) groups is 1. The van der Waals surface area contributed by atoms with Crippen molar-refractivity contribution in [2.45, 2.75) is 51.7 Å². The molecule has 2 heterocycles. The van der Waals surface area contributed by atoms with Crippen LogP contribution in [-0.4, -0.2) is 16.6 Å². The van der Waals surface area contributed by atoms with Crippen LogP contribution in [0.2, 0.25) is 0 Å². The first-order chi connectivity index (χ1) is 14.4. The summed E-state index contributed by atoms with van der Waals surface area (Å²) in [4.78, 5) is 18.8. The van der Waals surface area contributed by atoms with E-state index in [1.54, 1.807) is 17.2 Å². The molecule has 30 heavy (non-hydrogen) atoms. The minimum Gasteiger partial charge on any atom is -0.484 e. The Balaban J connectivity index is 1.95. The largest absolute Gasteiger partial charge is 0.484 e. The van der Waals surface area contributed by atoms with Gasteiger partial charge in [-0.2, -0.15) is 0 Å². The maximum absolute atomic E-state index is 14.8. The number of rotatable bonds is 4. The van der Waals surface area contributed by atoms with Crippen LogP contribution in [0.25, 0.3) is 10.8 Å². The number of urea groups is 1. The van der Waals surface area contributed by atoms with Crippen molar-refractivity contribution in [2.24, 2.45) is 5.73 Å². The lowest BCUT2D eigenvalue weighted by atomic mass is 9.82. The van der Waals surface area contributed by atoms with Gasteiger partial charge in [-0.3, -0.25) is 9.88 Å². The fourth-order valence-electron chi connectivity index (χ4n) is 4.44. The van der Waals surface area contributed by atoms with Crippen LogP contribution in [0.5, 0.6) is 5.75 Å². The number of para-hydroxylation sites is 1. The van der Waals surface area contributed by atoms with Gasteiger partial charge in [0.25, 0.3) is 0 Å². The molecule has 0 radical (unpaired) electrons. The van der Waals surface area contributed by atoms with E-state index in [1.807, 2.05) is 51.1 Å². The van der Waals surface area contributed by atoms with Crippen molar-refractivity contribution in [2.75, 3.05) is 4.90 Å². The van der Waals surface area contributed by atoms with Gasteiger partial charge in [-0.1, -0.05) is 38.1 Å². The molecule has 2 amide bonds. The van der Waals surface area contributed by atoms with Gasteiger partial charge in [0.15, 0.2) is 11.6 Å². The van der Waals surface area contributed by atoms with Crippen LogP contribution in [0, 0.1) is 12.7 Å². The summed E-state index contributed by atoms with van der Waals surface area (Å²) in [5.41, 5.74) is 7.52. The van der Waals surface area contributed by atoms with Crippen LogP contribution in [0.1, 0.15) is 50.4 Å². The van der Waals surface area contributed by atoms with Crippen molar-refractivity contribution in [3.05, 3.63) is 65.7 Å². The zero-order chi connectivity index (χ0) is 21.5. The van der Waals surface area contributed by atoms with Crippen molar-refractivity contribution in [1.82, 2.24) is 4.98 Å². The second-order valence-electron chi connectivity index (χ2n) is 7.90. The average molecular weight is 407 g/mol. The van der Waals surface area contributed by atoms with Gasteiger partial charge in [0, 0.05) is 34.6 Å². The zero-order valence-electron chi connectivity index (χ0n) is 17.5. The highest BCUT2D eigenvalue weighted by atomic mass is 19.1. The number of aryl methyl sites for hydroxylation is 1. The molecule has 4 rings (SSSR count). The Hall–Kier alpha value is -3.15. The van der Waals surface area contributed by atoms with E-state index in [9.17, 15) is 9.18 Å². The summed E-state index contributed by atoms with van der Waals surface area (Å²) >= 11 is 0. The number of ether oxygens (including phenoxy) is 1. The summed E-state index contributed by atoms with van der Waals surface area (Å²) in [5, 5.41) is 1.79. The number of amides is 2. The second-order valence-corrected chi connectivity index (χ2v) is 7.90. The molecule has 3 aromatic rings. The molecule has 1 aliphatic heterocycles. The molecule has 5 nitrogen and oxygen atoms in total. The first kappa shape index (κ1) is 20.1. The van der Waals surface area contributed by atoms with E-state index >= 15 is 0 Å². The van der Waals surface area contributed by atoms with Gasteiger partial charge in [0.2, 0.25) is 0 Å². The third-order valence-corrected chi connectivity index (χ3v) is 6.22. The Labute approximate surface area is 175 Å². The van der Waals surface area contributed by atoms with E-state index in [0.29, 0.717) is 30.5 Å². The van der Waals surface area contributed by atoms with Crippen molar-refractivity contribution in [3.8, 4) is 5.75 Å². The molecule has 0 fully saturated rings. The first-order valence-corrected chi connectivity index (χ1v) is 10.3. The smallest absolute Gasteiger partial charge is 0.319 e. The number of fused-ring (bicyclic) bond motifs is 2. The fourth-order valence-corrected chi connectivity index (χ4v) is 4.44. The van der Waals surface area contributed by atoms with Gasteiger partial charge in [0.05, 0.1) is 11.7 Å². The van der Waals surface area contributed by atoms with E-state index in [4.69, 9.17) is 10.5 Å². The van der Waals surface area contributed by atoms with Gasteiger partial charge in [-0.25, -0.2) is 9.18 Å². The van der Waals surface area contributed by atoms with Crippen LogP contribution in [0.3, 0.4) is 0 Å². The Morgan fingerprint density at radius 3 is 2.70 bits per heavy atom.